The lowest BCUT2D eigenvalue weighted by Gasteiger charge is -2.38. The van der Waals surface area contributed by atoms with Gasteiger partial charge in [-0.3, -0.25) is 9.59 Å². The number of ether oxygens (including phenoxy) is 3. The van der Waals surface area contributed by atoms with Crippen molar-refractivity contribution in [3.05, 3.63) is 57.4 Å². The number of hydrogen-bond donors (Lipinski definition) is 1. The van der Waals surface area contributed by atoms with Crippen molar-refractivity contribution in [2.45, 2.75) is 39.5 Å². The molecule has 1 aromatic rings. The molecule has 1 heterocycles. The first kappa shape index (κ1) is 25.0. The zero-order chi connectivity index (χ0) is 24.1. The van der Waals surface area contributed by atoms with Crippen molar-refractivity contribution >= 4 is 29.3 Å². The molecule has 3 atom stereocenters. The van der Waals surface area contributed by atoms with Crippen molar-refractivity contribution < 1.29 is 28.6 Å². The first-order chi connectivity index (χ1) is 15.8. The van der Waals surface area contributed by atoms with E-state index < -0.39 is 23.8 Å². The number of carbonyl (C=O) groups is 3. The summed E-state index contributed by atoms with van der Waals surface area (Å²) in [6, 6.07) is 6.99. The van der Waals surface area contributed by atoms with Gasteiger partial charge in [0, 0.05) is 34.5 Å². The van der Waals surface area contributed by atoms with E-state index in [9.17, 15) is 14.4 Å². The number of benzene rings is 1. The van der Waals surface area contributed by atoms with Gasteiger partial charge in [-0.15, -0.1) is 0 Å². The van der Waals surface area contributed by atoms with Crippen LogP contribution in [0, 0.1) is 11.8 Å². The Balaban J connectivity index is 2.01. The molecule has 0 bridgehead atoms. The third kappa shape index (κ3) is 5.31. The average molecular weight is 476 g/mol. The van der Waals surface area contributed by atoms with E-state index in [-0.39, 0.29) is 18.3 Å². The molecule has 3 rings (SSSR count). The Morgan fingerprint density at radius 3 is 2.48 bits per heavy atom. The van der Waals surface area contributed by atoms with Crippen molar-refractivity contribution in [3.63, 3.8) is 0 Å². The number of dihydropyridines is 1. The zero-order valence-corrected chi connectivity index (χ0v) is 20.2. The van der Waals surface area contributed by atoms with E-state index in [0.717, 1.165) is 6.42 Å². The van der Waals surface area contributed by atoms with E-state index in [1.165, 1.54) is 7.11 Å². The van der Waals surface area contributed by atoms with Gasteiger partial charge in [-0.2, -0.15) is 0 Å². The molecule has 0 unspecified atom stereocenters. The van der Waals surface area contributed by atoms with Crippen molar-refractivity contribution in [1.82, 2.24) is 5.32 Å². The van der Waals surface area contributed by atoms with Crippen LogP contribution in [0.1, 0.15) is 45.1 Å². The lowest BCUT2D eigenvalue weighted by molar-refractivity contribution is -0.151. The highest BCUT2D eigenvalue weighted by Gasteiger charge is 2.47. The van der Waals surface area contributed by atoms with E-state index in [1.54, 1.807) is 31.2 Å². The molecule has 0 amide bonds. The van der Waals surface area contributed by atoms with Crippen molar-refractivity contribution in [2.24, 2.45) is 11.8 Å². The van der Waals surface area contributed by atoms with E-state index in [0.29, 0.717) is 52.8 Å². The molecule has 1 aliphatic heterocycles. The van der Waals surface area contributed by atoms with Gasteiger partial charge in [-0.25, -0.2) is 4.79 Å². The normalized spacial score (nSPS) is 22.6. The number of ketones is 1. The summed E-state index contributed by atoms with van der Waals surface area (Å²) in [5.74, 6) is -3.30. The first-order valence-corrected chi connectivity index (χ1v) is 11.5. The zero-order valence-electron chi connectivity index (χ0n) is 19.4. The highest BCUT2D eigenvalue weighted by atomic mass is 35.5. The molecule has 0 saturated heterocycles. The van der Waals surface area contributed by atoms with Crippen LogP contribution in [0.2, 0.25) is 5.02 Å². The Labute approximate surface area is 199 Å². The van der Waals surface area contributed by atoms with Crippen molar-refractivity contribution in [1.29, 1.82) is 0 Å². The molecule has 0 radical (unpaired) electrons. The van der Waals surface area contributed by atoms with Crippen LogP contribution in [-0.2, 0) is 28.6 Å². The van der Waals surface area contributed by atoms with Crippen LogP contribution in [0.5, 0.6) is 0 Å². The van der Waals surface area contributed by atoms with Crippen LogP contribution in [0.4, 0.5) is 0 Å². The fourth-order valence-corrected chi connectivity index (χ4v) is 4.58. The first-order valence-electron chi connectivity index (χ1n) is 11.1. The largest absolute Gasteiger partial charge is 0.468 e. The number of allylic oxidation sites excluding steroid dienone is 3. The second-order valence-corrected chi connectivity index (χ2v) is 8.77. The van der Waals surface area contributed by atoms with Gasteiger partial charge in [-0.1, -0.05) is 37.6 Å². The number of esters is 2. The van der Waals surface area contributed by atoms with Gasteiger partial charge in [0.25, 0.3) is 0 Å². The Morgan fingerprint density at radius 2 is 1.85 bits per heavy atom. The summed E-state index contributed by atoms with van der Waals surface area (Å²) in [5, 5.41) is 3.78. The fourth-order valence-electron chi connectivity index (χ4n) is 4.46. The maximum atomic E-state index is 13.6. The molecular formula is C25H30ClNO6. The van der Waals surface area contributed by atoms with Gasteiger partial charge in [-0.05, 0) is 43.4 Å². The maximum Gasteiger partial charge on any atom is 0.336 e. The Bertz CT molecular complexity index is 981. The van der Waals surface area contributed by atoms with E-state index in [4.69, 9.17) is 25.8 Å². The van der Waals surface area contributed by atoms with Gasteiger partial charge in [0.2, 0.25) is 0 Å². The van der Waals surface area contributed by atoms with Gasteiger partial charge >= 0.3 is 11.9 Å². The Morgan fingerprint density at radius 1 is 1.15 bits per heavy atom. The molecule has 7 nitrogen and oxygen atoms in total. The lowest BCUT2D eigenvalue weighted by atomic mass is 9.69. The molecule has 1 aromatic carbocycles. The number of rotatable bonds is 8. The number of carbonyl (C=O) groups excluding carboxylic acids is 3. The predicted octanol–water partition coefficient (Wildman–Crippen LogP) is 3.92. The Kier molecular flexibility index (Phi) is 8.32. The summed E-state index contributed by atoms with van der Waals surface area (Å²) in [5.41, 5.74) is 2.77. The number of nitrogens with one attached hydrogen (secondary N) is 1. The fraction of sp³-hybridized carbons (Fsp3) is 0.480. The van der Waals surface area contributed by atoms with Gasteiger partial charge in [0.1, 0.15) is 12.5 Å². The third-order valence-corrected chi connectivity index (χ3v) is 6.23. The van der Waals surface area contributed by atoms with E-state index in [2.05, 4.69) is 5.32 Å². The van der Waals surface area contributed by atoms with Crippen LogP contribution in [-0.4, -0.2) is 44.7 Å². The van der Waals surface area contributed by atoms with Gasteiger partial charge < -0.3 is 19.5 Å². The molecule has 0 saturated carbocycles. The van der Waals surface area contributed by atoms with Gasteiger partial charge in [0.15, 0.2) is 5.78 Å². The topological polar surface area (TPSA) is 90.9 Å². The molecular weight excluding hydrogens is 446 g/mol. The number of halogens is 1. The minimum absolute atomic E-state index is 0.102. The van der Waals surface area contributed by atoms with E-state index in [1.807, 2.05) is 13.8 Å². The SMILES string of the molecule is CCCOCCOC(=O)C1=C(C)NC2=C(C(=O)[C@H](C(=O)OC)[C@H](C)C2)[C@@H]1c1ccc(Cl)cc1. The monoisotopic (exact) mass is 475 g/mol. The summed E-state index contributed by atoms with van der Waals surface area (Å²) in [4.78, 5) is 39.2. The van der Waals surface area contributed by atoms with Gasteiger partial charge in [0.05, 0.1) is 19.3 Å². The molecule has 0 spiro atoms. The molecule has 0 aromatic heterocycles. The maximum absolute atomic E-state index is 13.6. The highest BCUT2D eigenvalue weighted by molar-refractivity contribution is 6.30. The van der Waals surface area contributed by atoms with Crippen LogP contribution in [0.25, 0.3) is 0 Å². The number of hydrogen-bond acceptors (Lipinski definition) is 7. The average Bonchev–Trinajstić information content (AvgIpc) is 2.78. The van der Waals surface area contributed by atoms with Crippen molar-refractivity contribution in [3.8, 4) is 0 Å². The highest BCUT2D eigenvalue weighted by Crippen LogP contribution is 2.45. The molecule has 178 valence electrons. The smallest absolute Gasteiger partial charge is 0.336 e. The molecule has 1 aliphatic carbocycles. The Hall–Kier alpha value is -2.64. The molecule has 0 fully saturated rings. The van der Waals surface area contributed by atoms with Crippen LogP contribution in [0.3, 0.4) is 0 Å². The standard InChI is InChI=1S/C25H30ClNO6/c1-5-10-32-11-12-33-25(30)20-15(3)27-18-13-14(2)19(24(29)31-4)23(28)22(18)21(20)16-6-8-17(26)9-7-16/h6-9,14,19,21,27H,5,10-13H2,1-4H3/t14-,19-,21-/m1/s1. The lowest BCUT2D eigenvalue weighted by Crippen LogP contribution is -2.43. The summed E-state index contributed by atoms with van der Waals surface area (Å²) in [6.07, 6.45) is 1.36. The minimum atomic E-state index is -0.927. The predicted molar refractivity (Wildman–Crippen MR) is 123 cm³/mol. The second-order valence-electron chi connectivity index (χ2n) is 8.34. The third-order valence-electron chi connectivity index (χ3n) is 5.98. The molecule has 33 heavy (non-hydrogen) atoms. The van der Waals surface area contributed by atoms with Crippen LogP contribution in [0.15, 0.2) is 46.8 Å². The molecule has 1 N–H and O–H groups in total. The van der Waals surface area contributed by atoms with Crippen LogP contribution >= 0.6 is 11.6 Å². The van der Waals surface area contributed by atoms with Crippen molar-refractivity contribution in [2.75, 3.05) is 26.9 Å². The summed E-state index contributed by atoms with van der Waals surface area (Å²) >= 11 is 6.09. The van der Waals surface area contributed by atoms with E-state index >= 15 is 0 Å². The van der Waals surface area contributed by atoms with Crippen LogP contribution < -0.4 is 5.32 Å². The number of Topliss-reactive ketones (excluding diaryl/α,β-unsaturated/α-hetero) is 1. The number of methoxy groups -OCH3 is 1. The molecule has 8 heteroatoms. The molecule has 2 aliphatic rings. The second kappa shape index (κ2) is 11.0. The summed E-state index contributed by atoms with van der Waals surface area (Å²) in [7, 11) is 1.27. The quantitative estimate of drug-likeness (QED) is 0.346. The minimum Gasteiger partial charge on any atom is -0.468 e. The summed E-state index contributed by atoms with van der Waals surface area (Å²) < 4.78 is 15.8. The summed E-state index contributed by atoms with van der Waals surface area (Å²) in [6.45, 7) is 6.62.